The Balaban J connectivity index is 1.65. The quantitative estimate of drug-likeness (QED) is 0.646. The predicted molar refractivity (Wildman–Crippen MR) is 113 cm³/mol. The maximum Gasteiger partial charge on any atom is 0.263 e. The highest BCUT2D eigenvalue weighted by Crippen LogP contribution is 2.30. The van der Waals surface area contributed by atoms with Crippen molar-refractivity contribution in [1.82, 2.24) is 15.2 Å². The number of aliphatic hydroxyl groups is 1. The molecule has 3 aromatic rings. The second kappa shape index (κ2) is 8.47. The molecule has 0 unspecified atom stereocenters. The van der Waals surface area contributed by atoms with Crippen LogP contribution in [0.15, 0.2) is 36.5 Å². The minimum atomic E-state index is -2.51. The van der Waals surface area contributed by atoms with E-state index in [0.717, 1.165) is 53.8 Å². The summed E-state index contributed by atoms with van der Waals surface area (Å²) in [5, 5.41) is 22.5. The summed E-state index contributed by atoms with van der Waals surface area (Å²) in [6.07, 6.45) is 0.535. The van der Waals surface area contributed by atoms with Gasteiger partial charge in [0.25, 0.3) is 6.43 Å². The number of aromatic nitrogens is 3. The van der Waals surface area contributed by atoms with Crippen molar-refractivity contribution in [2.24, 2.45) is 0 Å². The molecule has 0 spiro atoms. The number of hydrogen-bond acceptors (Lipinski definition) is 6. The summed E-state index contributed by atoms with van der Waals surface area (Å²) in [6.45, 7) is 5.30. The van der Waals surface area contributed by atoms with Crippen LogP contribution < -0.4 is 10.2 Å². The number of rotatable bonds is 5. The molecular formula is C22H25F2N5O. The molecule has 1 atom stereocenters. The predicted octanol–water partition coefficient (Wildman–Crippen LogP) is 4.41. The van der Waals surface area contributed by atoms with Crippen LogP contribution in [0.4, 0.5) is 20.3 Å². The first-order valence-corrected chi connectivity index (χ1v) is 10.1. The smallest absolute Gasteiger partial charge is 0.263 e. The van der Waals surface area contributed by atoms with Gasteiger partial charge in [0, 0.05) is 24.0 Å². The second-order valence-corrected chi connectivity index (χ2v) is 7.78. The van der Waals surface area contributed by atoms with Crippen LogP contribution >= 0.6 is 0 Å². The van der Waals surface area contributed by atoms with Crippen molar-refractivity contribution in [3.63, 3.8) is 0 Å². The van der Waals surface area contributed by atoms with E-state index in [0.29, 0.717) is 5.82 Å². The first-order chi connectivity index (χ1) is 14.4. The van der Waals surface area contributed by atoms with Crippen LogP contribution in [-0.4, -0.2) is 39.5 Å². The standard InChI is InChI=1S/C22H25F2N5O/c1-13(15-4-3-5-16(10-15)21(23)24)26-22-19-11-17(29-8-6-18(30)7-9-29)12-25-20(19)14(2)27-28-22/h3-5,10-13,18,21,30H,6-9H2,1-2H3,(H,26,28)/t13-/m1/s1. The second-order valence-electron chi connectivity index (χ2n) is 7.78. The molecule has 158 valence electrons. The van der Waals surface area contributed by atoms with Gasteiger partial charge in [-0.05, 0) is 44.4 Å². The molecule has 1 aliphatic heterocycles. The average molecular weight is 413 g/mol. The number of pyridine rings is 1. The Bertz CT molecular complexity index is 1040. The van der Waals surface area contributed by atoms with Gasteiger partial charge >= 0.3 is 0 Å². The van der Waals surface area contributed by atoms with Gasteiger partial charge in [-0.25, -0.2) is 8.78 Å². The zero-order valence-electron chi connectivity index (χ0n) is 17.0. The molecule has 2 aromatic heterocycles. The van der Waals surface area contributed by atoms with Crippen LogP contribution in [0, 0.1) is 6.92 Å². The molecule has 4 rings (SSSR count). The van der Waals surface area contributed by atoms with Gasteiger partial charge < -0.3 is 15.3 Å². The highest BCUT2D eigenvalue weighted by atomic mass is 19.3. The molecule has 8 heteroatoms. The Kier molecular flexibility index (Phi) is 5.76. The summed E-state index contributed by atoms with van der Waals surface area (Å²) < 4.78 is 26.1. The largest absolute Gasteiger partial charge is 0.393 e. The number of aryl methyl sites for hydroxylation is 1. The summed E-state index contributed by atoms with van der Waals surface area (Å²) in [5.74, 6) is 0.567. The number of fused-ring (bicyclic) bond motifs is 1. The minimum Gasteiger partial charge on any atom is -0.393 e. The molecule has 2 N–H and O–H groups in total. The third kappa shape index (κ3) is 4.18. The number of nitrogens with one attached hydrogen (secondary N) is 1. The molecule has 0 radical (unpaired) electrons. The maximum absolute atomic E-state index is 13.1. The van der Waals surface area contributed by atoms with Gasteiger partial charge in [0.05, 0.1) is 35.2 Å². The molecule has 1 aromatic carbocycles. The molecule has 0 bridgehead atoms. The SMILES string of the molecule is Cc1nnc(N[C@H](C)c2cccc(C(F)F)c2)c2cc(N3CCC(O)CC3)cnc12. The van der Waals surface area contributed by atoms with Gasteiger partial charge in [0.2, 0.25) is 0 Å². The Hall–Kier alpha value is -2.87. The Labute approximate surface area is 174 Å². The van der Waals surface area contributed by atoms with Crippen molar-refractivity contribution < 1.29 is 13.9 Å². The zero-order valence-corrected chi connectivity index (χ0v) is 17.0. The summed E-state index contributed by atoms with van der Waals surface area (Å²) >= 11 is 0. The van der Waals surface area contributed by atoms with Crippen LogP contribution in [0.5, 0.6) is 0 Å². The topological polar surface area (TPSA) is 74.2 Å². The number of anilines is 2. The van der Waals surface area contributed by atoms with Crippen LogP contribution in [0.1, 0.15) is 49.1 Å². The molecule has 1 saturated heterocycles. The summed E-state index contributed by atoms with van der Waals surface area (Å²) in [4.78, 5) is 6.81. The van der Waals surface area contributed by atoms with E-state index < -0.39 is 6.43 Å². The minimum absolute atomic E-state index is 0.00256. The van der Waals surface area contributed by atoms with Crippen molar-refractivity contribution in [2.45, 2.75) is 45.3 Å². The van der Waals surface area contributed by atoms with Gasteiger partial charge in [-0.1, -0.05) is 18.2 Å². The molecular weight excluding hydrogens is 388 g/mol. The lowest BCUT2D eigenvalue weighted by molar-refractivity contribution is 0.145. The molecule has 6 nitrogen and oxygen atoms in total. The van der Waals surface area contributed by atoms with Crippen molar-refractivity contribution in [1.29, 1.82) is 0 Å². The number of halogens is 2. The number of benzene rings is 1. The van der Waals surface area contributed by atoms with E-state index in [2.05, 4.69) is 25.4 Å². The molecule has 0 saturated carbocycles. The van der Waals surface area contributed by atoms with Crippen molar-refractivity contribution >= 4 is 22.4 Å². The van der Waals surface area contributed by atoms with Crippen LogP contribution in [0.3, 0.4) is 0 Å². The van der Waals surface area contributed by atoms with Gasteiger partial charge in [-0.3, -0.25) is 4.98 Å². The van der Waals surface area contributed by atoms with E-state index in [1.54, 1.807) is 6.07 Å². The number of nitrogens with zero attached hydrogens (tertiary/aromatic N) is 4. The lowest BCUT2D eigenvalue weighted by Crippen LogP contribution is -2.35. The Morgan fingerprint density at radius 1 is 1.13 bits per heavy atom. The molecule has 3 heterocycles. The van der Waals surface area contributed by atoms with Crippen molar-refractivity contribution in [3.8, 4) is 0 Å². The lowest BCUT2D eigenvalue weighted by atomic mass is 10.0. The molecule has 1 aliphatic rings. The first kappa shape index (κ1) is 20.4. The number of aliphatic hydroxyl groups excluding tert-OH is 1. The highest BCUT2D eigenvalue weighted by Gasteiger charge is 2.20. The molecule has 0 aliphatic carbocycles. The van der Waals surface area contributed by atoms with Gasteiger partial charge in [0.1, 0.15) is 0 Å². The van der Waals surface area contributed by atoms with Crippen molar-refractivity contribution in [2.75, 3.05) is 23.3 Å². The normalized spacial score (nSPS) is 16.3. The third-order valence-corrected chi connectivity index (χ3v) is 5.62. The van der Waals surface area contributed by atoms with E-state index in [1.807, 2.05) is 32.2 Å². The number of piperidine rings is 1. The van der Waals surface area contributed by atoms with Crippen LogP contribution in [0.2, 0.25) is 0 Å². The van der Waals surface area contributed by atoms with Crippen molar-refractivity contribution in [3.05, 3.63) is 53.3 Å². The van der Waals surface area contributed by atoms with E-state index in [4.69, 9.17) is 0 Å². The van der Waals surface area contributed by atoms with Gasteiger partial charge in [-0.2, -0.15) is 5.10 Å². The van der Waals surface area contributed by atoms with Gasteiger partial charge in [-0.15, -0.1) is 5.10 Å². The summed E-state index contributed by atoms with van der Waals surface area (Å²) in [5.41, 5.74) is 3.19. The van der Waals surface area contributed by atoms with E-state index in [1.165, 1.54) is 12.1 Å². The monoisotopic (exact) mass is 413 g/mol. The fourth-order valence-corrected chi connectivity index (χ4v) is 3.80. The third-order valence-electron chi connectivity index (χ3n) is 5.62. The molecule has 1 fully saturated rings. The Morgan fingerprint density at radius 2 is 1.87 bits per heavy atom. The van der Waals surface area contributed by atoms with Crippen LogP contribution in [0.25, 0.3) is 10.9 Å². The highest BCUT2D eigenvalue weighted by molar-refractivity contribution is 5.92. The fraction of sp³-hybridized carbons (Fsp3) is 0.409. The maximum atomic E-state index is 13.1. The van der Waals surface area contributed by atoms with E-state index in [-0.39, 0.29) is 17.7 Å². The lowest BCUT2D eigenvalue weighted by Gasteiger charge is -2.31. The molecule has 30 heavy (non-hydrogen) atoms. The number of hydrogen-bond donors (Lipinski definition) is 2. The van der Waals surface area contributed by atoms with E-state index >= 15 is 0 Å². The fourth-order valence-electron chi connectivity index (χ4n) is 3.80. The van der Waals surface area contributed by atoms with Gasteiger partial charge in [0.15, 0.2) is 5.82 Å². The summed E-state index contributed by atoms with van der Waals surface area (Å²) in [7, 11) is 0. The first-order valence-electron chi connectivity index (χ1n) is 10.1. The number of alkyl halides is 2. The Morgan fingerprint density at radius 3 is 2.60 bits per heavy atom. The summed E-state index contributed by atoms with van der Waals surface area (Å²) in [6, 6.07) is 8.18. The zero-order chi connectivity index (χ0) is 21.3. The average Bonchev–Trinajstić information content (AvgIpc) is 2.76. The van der Waals surface area contributed by atoms with Crippen LogP contribution in [-0.2, 0) is 0 Å². The molecule has 0 amide bonds. The van der Waals surface area contributed by atoms with E-state index in [9.17, 15) is 13.9 Å².